The zero-order valence-corrected chi connectivity index (χ0v) is 20.3. The highest BCUT2D eigenvalue weighted by molar-refractivity contribution is 6.06. The Labute approximate surface area is 208 Å². The molecule has 1 N–H and O–H groups in total. The molecule has 1 unspecified atom stereocenters. The SMILES string of the molecule is CC(=O)Nc1ccc2c(c1)CCC21OC(=O)N(CC(=O)N(Cc2ccc(F)cc2)[C@@H](C)C2CC2)C1=O. The van der Waals surface area contributed by atoms with Crippen LogP contribution in [0, 0.1) is 11.7 Å². The van der Waals surface area contributed by atoms with Crippen LogP contribution in [0.15, 0.2) is 42.5 Å². The second kappa shape index (κ2) is 9.04. The van der Waals surface area contributed by atoms with Crippen LogP contribution in [0.25, 0.3) is 0 Å². The predicted octanol–water partition coefficient (Wildman–Crippen LogP) is 3.73. The molecule has 5 rings (SSSR count). The number of imide groups is 1. The van der Waals surface area contributed by atoms with Gasteiger partial charge in [0.25, 0.3) is 5.91 Å². The Hall–Kier alpha value is -3.75. The van der Waals surface area contributed by atoms with Crippen molar-refractivity contribution < 1.29 is 28.3 Å². The molecule has 9 heteroatoms. The topological polar surface area (TPSA) is 96.0 Å². The van der Waals surface area contributed by atoms with Crippen LogP contribution in [0.5, 0.6) is 0 Å². The minimum atomic E-state index is -1.45. The van der Waals surface area contributed by atoms with E-state index in [1.807, 2.05) is 6.92 Å². The first kappa shape index (κ1) is 24.0. The number of carbonyl (C=O) groups excluding carboxylic acids is 4. The second-order valence-corrected chi connectivity index (χ2v) is 9.87. The van der Waals surface area contributed by atoms with Crippen molar-refractivity contribution in [2.24, 2.45) is 5.92 Å². The van der Waals surface area contributed by atoms with Gasteiger partial charge in [0.1, 0.15) is 12.4 Å². The van der Waals surface area contributed by atoms with Gasteiger partial charge in [-0.3, -0.25) is 14.4 Å². The number of carbonyl (C=O) groups is 4. The molecule has 3 aliphatic rings. The average Bonchev–Trinajstić information content (AvgIpc) is 3.59. The first-order chi connectivity index (χ1) is 17.2. The molecule has 8 nitrogen and oxygen atoms in total. The number of benzene rings is 2. The van der Waals surface area contributed by atoms with Gasteiger partial charge in [-0.1, -0.05) is 18.2 Å². The molecule has 1 aliphatic heterocycles. The average molecular weight is 494 g/mol. The molecule has 2 atom stereocenters. The first-order valence-corrected chi connectivity index (χ1v) is 12.2. The Morgan fingerprint density at radius 2 is 1.92 bits per heavy atom. The molecule has 2 aliphatic carbocycles. The highest BCUT2D eigenvalue weighted by atomic mass is 19.1. The number of halogens is 1. The maximum atomic E-state index is 13.5. The van der Waals surface area contributed by atoms with E-state index in [1.54, 1.807) is 35.2 Å². The van der Waals surface area contributed by atoms with E-state index in [-0.39, 0.29) is 36.6 Å². The van der Waals surface area contributed by atoms with E-state index in [9.17, 15) is 23.6 Å². The van der Waals surface area contributed by atoms with Crippen molar-refractivity contribution >= 4 is 29.5 Å². The van der Waals surface area contributed by atoms with E-state index in [1.165, 1.54) is 19.1 Å². The zero-order valence-electron chi connectivity index (χ0n) is 20.3. The van der Waals surface area contributed by atoms with Crippen LogP contribution in [0.2, 0.25) is 0 Å². The summed E-state index contributed by atoms with van der Waals surface area (Å²) in [5, 5.41) is 2.72. The highest BCUT2D eigenvalue weighted by Crippen LogP contribution is 2.46. The molecule has 1 saturated carbocycles. The maximum Gasteiger partial charge on any atom is 0.418 e. The third kappa shape index (κ3) is 4.34. The number of amides is 4. The van der Waals surface area contributed by atoms with E-state index >= 15 is 0 Å². The summed E-state index contributed by atoms with van der Waals surface area (Å²) in [6.45, 7) is 3.21. The molecular weight excluding hydrogens is 465 g/mol. The van der Waals surface area contributed by atoms with Crippen molar-refractivity contribution in [2.45, 2.75) is 57.7 Å². The predicted molar refractivity (Wildman–Crippen MR) is 128 cm³/mol. The number of ether oxygens (including phenoxy) is 1. The van der Waals surface area contributed by atoms with E-state index in [0.717, 1.165) is 28.9 Å². The Kier molecular flexibility index (Phi) is 6.02. The Morgan fingerprint density at radius 3 is 2.58 bits per heavy atom. The summed E-state index contributed by atoms with van der Waals surface area (Å²) >= 11 is 0. The van der Waals surface area contributed by atoms with Crippen LogP contribution in [0.4, 0.5) is 14.9 Å². The molecule has 1 saturated heterocycles. The minimum Gasteiger partial charge on any atom is -0.427 e. The maximum absolute atomic E-state index is 13.5. The van der Waals surface area contributed by atoms with Crippen molar-refractivity contribution in [1.29, 1.82) is 0 Å². The number of nitrogens with one attached hydrogen (secondary N) is 1. The van der Waals surface area contributed by atoms with Crippen molar-refractivity contribution in [2.75, 3.05) is 11.9 Å². The number of nitrogens with zero attached hydrogens (tertiary/aromatic N) is 2. The van der Waals surface area contributed by atoms with Crippen molar-refractivity contribution in [3.8, 4) is 0 Å². The van der Waals surface area contributed by atoms with Gasteiger partial charge in [-0.05, 0) is 67.5 Å². The van der Waals surface area contributed by atoms with Crippen LogP contribution in [0.1, 0.15) is 49.8 Å². The summed E-state index contributed by atoms with van der Waals surface area (Å²) in [5.74, 6) is -1.11. The summed E-state index contributed by atoms with van der Waals surface area (Å²) in [7, 11) is 0. The van der Waals surface area contributed by atoms with Crippen LogP contribution in [0.3, 0.4) is 0 Å². The number of anilines is 1. The Morgan fingerprint density at radius 1 is 1.19 bits per heavy atom. The van der Waals surface area contributed by atoms with Gasteiger partial charge in [0, 0.05) is 37.2 Å². The van der Waals surface area contributed by atoms with Crippen LogP contribution >= 0.6 is 0 Å². The van der Waals surface area contributed by atoms with Gasteiger partial charge in [-0.2, -0.15) is 0 Å². The summed E-state index contributed by atoms with van der Waals surface area (Å²) in [5.41, 5.74) is 1.32. The molecule has 0 aromatic heterocycles. The van der Waals surface area contributed by atoms with E-state index in [4.69, 9.17) is 4.74 Å². The van der Waals surface area contributed by atoms with Crippen molar-refractivity contribution in [3.05, 3.63) is 65.0 Å². The molecule has 2 aromatic carbocycles. The van der Waals surface area contributed by atoms with Crippen LogP contribution in [-0.4, -0.2) is 46.2 Å². The van der Waals surface area contributed by atoms with Gasteiger partial charge in [0.2, 0.25) is 17.4 Å². The van der Waals surface area contributed by atoms with E-state index < -0.39 is 24.1 Å². The van der Waals surface area contributed by atoms with Crippen LogP contribution < -0.4 is 5.32 Å². The Balaban J connectivity index is 1.35. The second-order valence-electron chi connectivity index (χ2n) is 9.87. The zero-order chi connectivity index (χ0) is 25.6. The monoisotopic (exact) mass is 493 g/mol. The quantitative estimate of drug-likeness (QED) is 0.634. The smallest absolute Gasteiger partial charge is 0.418 e. The number of hydrogen-bond acceptors (Lipinski definition) is 5. The lowest BCUT2D eigenvalue weighted by Crippen LogP contribution is -2.47. The largest absolute Gasteiger partial charge is 0.427 e. The molecule has 0 bridgehead atoms. The molecule has 4 amide bonds. The van der Waals surface area contributed by atoms with Gasteiger partial charge >= 0.3 is 6.09 Å². The fraction of sp³-hybridized carbons (Fsp3) is 0.407. The standard InChI is InChI=1S/C27H28FN3O5/c1-16(19-5-6-19)30(14-18-3-7-21(28)8-4-18)24(33)15-31-25(34)27(36-26(31)35)12-11-20-13-22(29-17(2)32)9-10-23(20)27/h3-4,7-10,13,16,19H,5-6,11-12,14-15H2,1-2H3,(H,29,32)/t16-,27?/m0/s1. The van der Waals surface area contributed by atoms with Crippen molar-refractivity contribution in [3.63, 3.8) is 0 Å². The molecule has 2 aromatic rings. The molecular formula is C27H28FN3O5. The summed E-state index contributed by atoms with van der Waals surface area (Å²) in [4.78, 5) is 53.8. The lowest BCUT2D eigenvalue weighted by molar-refractivity contribution is -0.143. The number of aryl methyl sites for hydroxylation is 1. The molecule has 36 heavy (non-hydrogen) atoms. The molecule has 2 fully saturated rings. The normalized spacial score (nSPS) is 21.4. The van der Waals surface area contributed by atoms with E-state index in [2.05, 4.69) is 5.32 Å². The first-order valence-electron chi connectivity index (χ1n) is 12.2. The fourth-order valence-electron chi connectivity index (χ4n) is 5.24. The number of rotatable bonds is 7. The van der Waals surface area contributed by atoms with Gasteiger partial charge in [0.15, 0.2) is 0 Å². The fourth-order valence-corrected chi connectivity index (χ4v) is 5.24. The molecule has 0 radical (unpaired) electrons. The summed E-state index contributed by atoms with van der Waals surface area (Å²) in [6.07, 6.45) is 1.96. The van der Waals surface area contributed by atoms with E-state index in [0.29, 0.717) is 23.6 Å². The summed E-state index contributed by atoms with van der Waals surface area (Å²) < 4.78 is 19.0. The van der Waals surface area contributed by atoms with Gasteiger partial charge in [0.05, 0.1) is 0 Å². The summed E-state index contributed by atoms with van der Waals surface area (Å²) in [6, 6.07) is 11.0. The molecule has 1 spiro atoms. The Bertz CT molecular complexity index is 1240. The lowest BCUT2D eigenvalue weighted by Gasteiger charge is -2.30. The van der Waals surface area contributed by atoms with Crippen LogP contribution in [-0.2, 0) is 37.7 Å². The minimum absolute atomic E-state index is 0.0790. The molecule has 1 heterocycles. The van der Waals surface area contributed by atoms with Crippen molar-refractivity contribution in [1.82, 2.24) is 9.80 Å². The third-order valence-electron chi connectivity index (χ3n) is 7.36. The van der Waals surface area contributed by atoms with Gasteiger partial charge in [-0.25, -0.2) is 14.1 Å². The molecule has 188 valence electrons. The van der Waals surface area contributed by atoms with Gasteiger partial charge in [-0.15, -0.1) is 0 Å². The number of fused-ring (bicyclic) bond motifs is 2. The number of hydrogen-bond donors (Lipinski definition) is 1. The highest BCUT2D eigenvalue weighted by Gasteiger charge is 2.58. The third-order valence-corrected chi connectivity index (χ3v) is 7.36. The lowest BCUT2D eigenvalue weighted by atomic mass is 9.94. The van der Waals surface area contributed by atoms with Gasteiger partial charge < -0.3 is 15.0 Å².